The summed E-state index contributed by atoms with van der Waals surface area (Å²) in [5, 5.41) is 5.89. The van der Waals surface area contributed by atoms with Gasteiger partial charge in [-0.3, -0.25) is 5.01 Å². The minimum atomic E-state index is 0.819. The van der Waals surface area contributed by atoms with E-state index in [-0.39, 0.29) is 0 Å². The van der Waals surface area contributed by atoms with Crippen molar-refractivity contribution in [1.29, 1.82) is 0 Å². The molecule has 0 unspecified atom stereocenters. The molecular formula is C6H13N3S. The molecule has 0 bridgehead atoms. The van der Waals surface area contributed by atoms with Gasteiger partial charge >= 0.3 is 0 Å². The molecule has 4 heteroatoms. The van der Waals surface area contributed by atoms with Crippen LogP contribution in [0.5, 0.6) is 0 Å². The Morgan fingerprint density at radius 3 is 3.10 bits per heavy atom. The second-order valence-corrected chi connectivity index (χ2v) is 2.64. The molecule has 1 heterocycles. The molecule has 0 amide bonds. The van der Waals surface area contributed by atoms with Crippen molar-refractivity contribution in [3.8, 4) is 0 Å². The molecule has 0 aliphatic carbocycles. The molecule has 1 aliphatic heterocycles. The molecule has 58 valence electrons. The van der Waals surface area contributed by atoms with Crippen molar-refractivity contribution in [3.05, 3.63) is 0 Å². The Morgan fingerprint density at radius 1 is 1.80 bits per heavy atom. The van der Waals surface area contributed by atoms with Crippen LogP contribution in [-0.4, -0.2) is 29.8 Å². The minimum absolute atomic E-state index is 0.819. The van der Waals surface area contributed by atoms with Crippen molar-refractivity contribution in [2.24, 2.45) is 0 Å². The maximum atomic E-state index is 5.07. The highest BCUT2D eigenvalue weighted by Gasteiger charge is 2.12. The van der Waals surface area contributed by atoms with E-state index in [4.69, 9.17) is 12.2 Å². The van der Waals surface area contributed by atoms with Gasteiger partial charge in [-0.05, 0) is 25.6 Å². The highest BCUT2D eigenvalue weighted by molar-refractivity contribution is 7.80. The first-order valence-electron chi connectivity index (χ1n) is 3.63. The topological polar surface area (TPSA) is 27.3 Å². The van der Waals surface area contributed by atoms with Crippen LogP contribution >= 0.6 is 12.2 Å². The summed E-state index contributed by atoms with van der Waals surface area (Å²) < 4.78 is 0. The molecular weight excluding hydrogens is 146 g/mol. The predicted octanol–water partition coefficient (Wildman–Crippen LogP) is 0.0911. The van der Waals surface area contributed by atoms with Crippen LogP contribution in [0.25, 0.3) is 0 Å². The molecule has 3 nitrogen and oxygen atoms in total. The Balaban J connectivity index is 2.25. The lowest BCUT2D eigenvalue weighted by Gasteiger charge is -2.18. The fourth-order valence-electron chi connectivity index (χ4n) is 0.950. The monoisotopic (exact) mass is 159 g/mol. The Bertz CT molecular complexity index is 120. The lowest BCUT2D eigenvalue weighted by Crippen LogP contribution is -2.43. The van der Waals surface area contributed by atoms with E-state index in [1.807, 2.05) is 11.9 Å². The van der Waals surface area contributed by atoms with Crippen molar-refractivity contribution < 1.29 is 0 Å². The summed E-state index contributed by atoms with van der Waals surface area (Å²) in [6, 6.07) is 0. The standard InChI is InChI=1S/C6H13N3S/c1-2-7-6(10)9-5-3-4-8-9/h8H,2-5H2,1H3,(H,7,10). The first-order valence-corrected chi connectivity index (χ1v) is 4.04. The third-order valence-electron chi connectivity index (χ3n) is 1.43. The molecule has 0 saturated carbocycles. The van der Waals surface area contributed by atoms with E-state index >= 15 is 0 Å². The van der Waals surface area contributed by atoms with Crippen molar-refractivity contribution in [2.45, 2.75) is 13.3 Å². The summed E-state index contributed by atoms with van der Waals surface area (Å²) >= 11 is 5.07. The normalized spacial score (nSPS) is 17.5. The summed E-state index contributed by atoms with van der Waals surface area (Å²) in [5.74, 6) is 0. The first-order chi connectivity index (χ1) is 4.84. The molecule has 0 aromatic carbocycles. The molecule has 2 N–H and O–H groups in total. The van der Waals surface area contributed by atoms with Crippen molar-refractivity contribution in [1.82, 2.24) is 15.8 Å². The molecule has 0 spiro atoms. The number of nitrogens with zero attached hydrogens (tertiary/aromatic N) is 1. The van der Waals surface area contributed by atoms with Gasteiger partial charge < -0.3 is 5.32 Å². The number of rotatable bonds is 1. The molecule has 0 aromatic heterocycles. The SMILES string of the molecule is CCNC(=S)N1CCCN1. The number of hydrogen-bond acceptors (Lipinski definition) is 2. The predicted molar refractivity (Wildman–Crippen MR) is 45.6 cm³/mol. The van der Waals surface area contributed by atoms with Gasteiger partial charge in [0, 0.05) is 19.6 Å². The maximum Gasteiger partial charge on any atom is 0.183 e. The number of thiocarbonyl (C=S) groups is 1. The Labute approximate surface area is 66.7 Å². The zero-order valence-corrected chi connectivity index (χ0v) is 7.00. The number of hydrazine groups is 1. The van der Waals surface area contributed by atoms with Gasteiger partial charge in [-0.1, -0.05) is 0 Å². The maximum absolute atomic E-state index is 5.07. The third-order valence-corrected chi connectivity index (χ3v) is 1.80. The van der Waals surface area contributed by atoms with Crippen molar-refractivity contribution >= 4 is 17.3 Å². The van der Waals surface area contributed by atoms with Gasteiger partial charge in [0.25, 0.3) is 0 Å². The van der Waals surface area contributed by atoms with Gasteiger partial charge in [-0.2, -0.15) is 0 Å². The van der Waals surface area contributed by atoms with E-state index in [9.17, 15) is 0 Å². The van der Waals surface area contributed by atoms with E-state index < -0.39 is 0 Å². The van der Waals surface area contributed by atoms with Crippen molar-refractivity contribution in [2.75, 3.05) is 19.6 Å². The highest BCUT2D eigenvalue weighted by atomic mass is 32.1. The van der Waals surface area contributed by atoms with Gasteiger partial charge in [0.2, 0.25) is 0 Å². The van der Waals surface area contributed by atoms with Gasteiger partial charge in [0.1, 0.15) is 0 Å². The van der Waals surface area contributed by atoms with Crippen LogP contribution in [0.1, 0.15) is 13.3 Å². The first kappa shape index (κ1) is 7.75. The zero-order valence-electron chi connectivity index (χ0n) is 6.18. The van der Waals surface area contributed by atoms with Crippen LogP contribution in [0, 0.1) is 0 Å². The minimum Gasteiger partial charge on any atom is -0.362 e. The van der Waals surface area contributed by atoms with Crippen molar-refractivity contribution in [3.63, 3.8) is 0 Å². The van der Waals surface area contributed by atoms with Gasteiger partial charge in [-0.15, -0.1) is 0 Å². The average molecular weight is 159 g/mol. The fourth-order valence-corrected chi connectivity index (χ4v) is 1.25. The van der Waals surface area contributed by atoms with Crippen LogP contribution < -0.4 is 10.7 Å². The van der Waals surface area contributed by atoms with E-state index in [0.29, 0.717) is 0 Å². The molecule has 0 radical (unpaired) electrons. The largest absolute Gasteiger partial charge is 0.362 e. The second kappa shape index (κ2) is 3.73. The summed E-state index contributed by atoms with van der Waals surface area (Å²) in [6.45, 7) is 5.02. The van der Waals surface area contributed by atoms with Crippen LogP contribution in [-0.2, 0) is 0 Å². The zero-order chi connectivity index (χ0) is 7.40. The van der Waals surface area contributed by atoms with Crippen LogP contribution in [0.15, 0.2) is 0 Å². The van der Waals surface area contributed by atoms with Gasteiger partial charge in [-0.25, -0.2) is 5.43 Å². The summed E-state index contributed by atoms with van der Waals surface area (Å²) in [5.41, 5.74) is 3.17. The second-order valence-electron chi connectivity index (χ2n) is 2.25. The van der Waals surface area contributed by atoms with E-state index in [1.54, 1.807) is 0 Å². The molecule has 1 fully saturated rings. The summed E-state index contributed by atoms with van der Waals surface area (Å²) in [6.07, 6.45) is 1.19. The smallest absolute Gasteiger partial charge is 0.183 e. The Kier molecular flexibility index (Phi) is 2.89. The highest BCUT2D eigenvalue weighted by Crippen LogP contribution is 1.95. The molecule has 0 aromatic rings. The number of hydrogen-bond donors (Lipinski definition) is 2. The van der Waals surface area contributed by atoms with Gasteiger partial charge in [0.15, 0.2) is 5.11 Å². The Morgan fingerprint density at radius 2 is 2.60 bits per heavy atom. The molecule has 0 atom stereocenters. The lowest BCUT2D eigenvalue weighted by molar-refractivity contribution is 0.397. The molecule has 1 rings (SSSR count). The third kappa shape index (κ3) is 1.82. The molecule has 1 aliphatic rings. The fraction of sp³-hybridized carbons (Fsp3) is 0.833. The van der Waals surface area contributed by atoms with Gasteiger partial charge in [0.05, 0.1) is 0 Å². The Hall–Kier alpha value is -0.350. The summed E-state index contributed by atoms with van der Waals surface area (Å²) in [4.78, 5) is 0. The number of nitrogens with one attached hydrogen (secondary N) is 2. The summed E-state index contributed by atoms with van der Waals surface area (Å²) in [7, 11) is 0. The lowest BCUT2D eigenvalue weighted by atomic mass is 10.5. The van der Waals surface area contributed by atoms with E-state index in [0.717, 1.165) is 24.7 Å². The van der Waals surface area contributed by atoms with Crippen LogP contribution in [0.2, 0.25) is 0 Å². The van der Waals surface area contributed by atoms with Crippen LogP contribution in [0.4, 0.5) is 0 Å². The van der Waals surface area contributed by atoms with E-state index in [1.165, 1.54) is 6.42 Å². The van der Waals surface area contributed by atoms with E-state index in [2.05, 4.69) is 10.7 Å². The molecule has 10 heavy (non-hydrogen) atoms. The quantitative estimate of drug-likeness (QED) is 0.530. The average Bonchev–Trinajstić information content (AvgIpc) is 2.38. The van der Waals surface area contributed by atoms with Crippen LogP contribution in [0.3, 0.4) is 0 Å². The molecule has 1 saturated heterocycles.